The van der Waals surface area contributed by atoms with Gasteiger partial charge >= 0.3 is 0 Å². The number of imidazole rings is 1. The molecule has 4 aromatic rings. The van der Waals surface area contributed by atoms with E-state index in [-0.39, 0.29) is 0 Å². The highest BCUT2D eigenvalue weighted by molar-refractivity contribution is 7.98. The van der Waals surface area contributed by atoms with Crippen molar-refractivity contribution < 1.29 is 0 Å². The zero-order valence-corrected chi connectivity index (χ0v) is 14.4. The molecule has 4 aromatic heterocycles. The SMILES string of the molecule is Cn1c(SCc2cn3cc(Cl)ccc3n2)nnc1-c1cccnc1. The number of hydrogen-bond acceptors (Lipinski definition) is 5. The number of thioether (sulfide) groups is 1. The third-order valence-electron chi connectivity index (χ3n) is 3.57. The summed E-state index contributed by atoms with van der Waals surface area (Å²) in [6.45, 7) is 0. The van der Waals surface area contributed by atoms with Crippen LogP contribution in [0.25, 0.3) is 17.0 Å². The highest BCUT2D eigenvalue weighted by Crippen LogP contribution is 2.25. The van der Waals surface area contributed by atoms with E-state index in [1.807, 2.05) is 52.7 Å². The molecule has 0 N–H and O–H groups in total. The van der Waals surface area contributed by atoms with Gasteiger partial charge in [-0.1, -0.05) is 23.4 Å². The smallest absolute Gasteiger partial charge is 0.191 e. The molecule has 0 aliphatic carbocycles. The standard InChI is InChI=1S/C16H13ClN6S/c1-22-15(11-3-2-6-18-7-11)20-21-16(22)24-10-13-9-23-8-12(17)4-5-14(23)19-13/h2-9H,10H2,1H3. The van der Waals surface area contributed by atoms with Crippen molar-refractivity contribution in [3.05, 3.63) is 59.8 Å². The van der Waals surface area contributed by atoms with E-state index in [1.54, 1.807) is 24.2 Å². The van der Waals surface area contributed by atoms with E-state index in [1.165, 1.54) is 0 Å². The van der Waals surface area contributed by atoms with Crippen LogP contribution >= 0.6 is 23.4 Å². The Morgan fingerprint density at radius 3 is 2.92 bits per heavy atom. The van der Waals surface area contributed by atoms with E-state index in [9.17, 15) is 0 Å². The first kappa shape index (κ1) is 15.2. The van der Waals surface area contributed by atoms with Gasteiger partial charge in [0.2, 0.25) is 0 Å². The summed E-state index contributed by atoms with van der Waals surface area (Å²) in [6, 6.07) is 7.60. The lowest BCUT2D eigenvalue weighted by atomic mass is 10.3. The summed E-state index contributed by atoms with van der Waals surface area (Å²) in [5, 5.41) is 10.1. The number of aromatic nitrogens is 6. The molecule has 6 nitrogen and oxygen atoms in total. The van der Waals surface area contributed by atoms with Gasteiger partial charge < -0.3 is 8.97 Å². The first-order valence-corrected chi connectivity index (χ1v) is 8.63. The maximum atomic E-state index is 6.00. The molecule has 0 fully saturated rings. The van der Waals surface area contributed by atoms with Gasteiger partial charge in [-0.05, 0) is 24.3 Å². The monoisotopic (exact) mass is 356 g/mol. The summed E-state index contributed by atoms with van der Waals surface area (Å²) in [5.74, 6) is 1.51. The van der Waals surface area contributed by atoms with Crippen molar-refractivity contribution in [3.63, 3.8) is 0 Å². The van der Waals surface area contributed by atoms with Gasteiger partial charge in [-0.3, -0.25) is 4.98 Å². The molecule has 8 heteroatoms. The van der Waals surface area contributed by atoms with Gasteiger partial charge in [0.15, 0.2) is 11.0 Å². The van der Waals surface area contributed by atoms with Crippen molar-refractivity contribution in [2.24, 2.45) is 7.05 Å². The van der Waals surface area contributed by atoms with Crippen LogP contribution in [0.15, 0.2) is 54.2 Å². The fourth-order valence-corrected chi connectivity index (χ4v) is 3.38. The van der Waals surface area contributed by atoms with Crippen molar-refractivity contribution in [2.75, 3.05) is 0 Å². The third-order valence-corrected chi connectivity index (χ3v) is 4.85. The predicted octanol–water partition coefficient (Wildman–Crippen LogP) is 3.47. The van der Waals surface area contributed by atoms with E-state index in [0.29, 0.717) is 10.8 Å². The van der Waals surface area contributed by atoms with E-state index in [4.69, 9.17) is 11.6 Å². The lowest BCUT2D eigenvalue weighted by Gasteiger charge is -2.02. The van der Waals surface area contributed by atoms with Gasteiger partial charge in [0.05, 0.1) is 10.7 Å². The highest BCUT2D eigenvalue weighted by Gasteiger charge is 2.12. The zero-order valence-electron chi connectivity index (χ0n) is 12.8. The van der Waals surface area contributed by atoms with Crippen molar-refractivity contribution in [2.45, 2.75) is 10.9 Å². The van der Waals surface area contributed by atoms with E-state index >= 15 is 0 Å². The average molecular weight is 357 g/mol. The Kier molecular flexibility index (Phi) is 3.95. The Labute approximate surface area is 147 Å². The van der Waals surface area contributed by atoms with Crippen molar-refractivity contribution in [1.82, 2.24) is 29.1 Å². The Morgan fingerprint density at radius 1 is 1.17 bits per heavy atom. The maximum absolute atomic E-state index is 6.00. The van der Waals surface area contributed by atoms with Crippen molar-refractivity contribution in [3.8, 4) is 11.4 Å². The first-order valence-electron chi connectivity index (χ1n) is 7.26. The topological polar surface area (TPSA) is 60.9 Å². The van der Waals surface area contributed by atoms with Crippen LogP contribution in [-0.2, 0) is 12.8 Å². The van der Waals surface area contributed by atoms with Gasteiger partial charge in [0, 0.05) is 43.2 Å². The maximum Gasteiger partial charge on any atom is 0.191 e. The normalized spacial score (nSPS) is 11.2. The molecule has 0 amide bonds. The second kappa shape index (κ2) is 6.26. The number of hydrogen-bond donors (Lipinski definition) is 0. The lowest BCUT2D eigenvalue weighted by Crippen LogP contribution is -1.95. The molecule has 0 radical (unpaired) electrons. The zero-order chi connectivity index (χ0) is 16.5. The molecule has 24 heavy (non-hydrogen) atoms. The second-order valence-electron chi connectivity index (χ2n) is 5.24. The minimum Gasteiger partial charge on any atom is -0.305 e. The molecule has 0 bridgehead atoms. The molecule has 0 spiro atoms. The summed E-state index contributed by atoms with van der Waals surface area (Å²) in [5.41, 5.74) is 2.79. The van der Waals surface area contributed by atoms with Gasteiger partial charge in [0.1, 0.15) is 5.65 Å². The van der Waals surface area contributed by atoms with Crippen LogP contribution < -0.4 is 0 Å². The Hall–Kier alpha value is -2.38. The van der Waals surface area contributed by atoms with Crippen molar-refractivity contribution in [1.29, 1.82) is 0 Å². The van der Waals surface area contributed by atoms with Gasteiger partial charge in [-0.25, -0.2) is 4.98 Å². The number of rotatable bonds is 4. The summed E-state index contributed by atoms with van der Waals surface area (Å²) in [7, 11) is 1.95. The van der Waals surface area contributed by atoms with E-state index in [2.05, 4.69) is 20.2 Å². The van der Waals surface area contributed by atoms with Gasteiger partial charge in [-0.2, -0.15) is 0 Å². The molecule has 0 aliphatic rings. The molecule has 4 heterocycles. The number of halogens is 1. The van der Waals surface area contributed by atoms with E-state index < -0.39 is 0 Å². The fourth-order valence-electron chi connectivity index (χ4n) is 2.41. The summed E-state index contributed by atoms with van der Waals surface area (Å²) in [6.07, 6.45) is 7.35. The molecular weight excluding hydrogens is 344 g/mol. The summed E-state index contributed by atoms with van der Waals surface area (Å²) < 4.78 is 3.89. The van der Waals surface area contributed by atoms with Crippen LogP contribution in [0.1, 0.15) is 5.69 Å². The van der Waals surface area contributed by atoms with Gasteiger partial charge in [-0.15, -0.1) is 10.2 Å². The molecule has 0 saturated heterocycles. The van der Waals surface area contributed by atoms with E-state index in [0.717, 1.165) is 27.9 Å². The van der Waals surface area contributed by atoms with Crippen LogP contribution in [0, 0.1) is 0 Å². The molecule has 0 saturated carbocycles. The Balaban J connectivity index is 1.54. The molecule has 4 rings (SSSR count). The van der Waals surface area contributed by atoms with Crippen LogP contribution in [0.5, 0.6) is 0 Å². The minimum atomic E-state index is 0.688. The first-order chi connectivity index (χ1) is 11.7. The Bertz CT molecular complexity index is 994. The van der Waals surface area contributed by atoms with Crippen LogP contribution in [0.3, 0.4) is 0 Å². The lowest BCUT2D eigenvalue weighted by molar-refractivity contribution is 0.793. The summed E-state index contributed by atoms with van der Waals surface area (Å²) in [4.78, 5) is 8.70. The fraction of sp³-hybridized carbons (Fsp3) is 0.125. The average Bonchev–Trinajstić information content (AvgIpc) is 3.16. The highest BCUT2D eigenvalue weighted by atomic mass is 35.5. The Morgan fingerprint density at radius 2 is 2.08 bits per heavy atom. The summed E-state index contributed by atoms with van der Waals surface area (Å²) >= 11 is 7.60. The largest absolute Gasteiger partial charge is 0.305 e. The number of nitrogens with zero attached hydrogens (tertiary/aromatic N) is 6. The van der Waals surface area contributed by atoms with Crippen LogP contribution in [0.2, 0.25) is 5.02 Å². The number of pyridine rings is 2. The molecular formula is C16H13ClN6S. The number of fused-ring (bicyclic) bond motifs is 1. The molecule has 0 unspecified atom stereocenters. The molecule has 0 aliphatic heterocycles. The van der Waals surface area contributed by atoms with Crippen LogP contribution in [-0.4, -0.2) is 29.1 Å². The van der Waals surface area contributed by atoms with Crippen molar-refractivity contribution >= 4 is 29.0 Å². The molecule has 120 valence electrons. The van der Waals surface area contributed by atoms with Crippen LogP contribution in [0.4, 0.5) is 0 Å². The predicted molar refractivity (Wildman–Crippen MR) is 94.0 cm³/mol. The van der Waals surface area contributed by atoms with Gasteiger partial charge in [0.25, 0.3) is 0 Å². The second-order valence-corrected chi connectivity index (χ2v) is 6.62. The molecule has 0 atom stereocenters. The third kappa shape index (κ3) is 2.88. The minimum absolute atomic E-state index is 0.688. The quantitative estimate of drug-likeness (QED) is 0.524. The molecule has 0 aromatic carbocycles.